The van der Waals surface area contributed by atoms with E-state index in [-0.39, 0.29) is 17.1 Å². The smallest absolute Gasteiger partial charge is 0.249 e. The number of nitrogens with zero attached hydrogens (tertiary/aromatic N) is 1. The fourth-order valence-corrected chi connectivity index (χ4v) is 2.86. The van der Waals surface area contributed by atoms with Crippen LogP contribution in [0.25, 0.3) is 0 Å². The van der Waals surface area contributed by atoms with E-state index >= 15 is 0 Å². The molecule has 1 heterocycles. The summed E-state index contributed by atoms with van der Waals surface area (Å²) in [7, 11) is -3.93. The SMILES string of the molecule is CCC1C(=O)NC(=O)CN1c1cc(N)cc(S(N)(=O)=O)c1. The largest absolute Gasteiger partial charge is 0.399 e. The van der Waals surface area contributed by atoms with Crippen molar-refractivity contribution in [3.8, 4) is 0 Å². The van der Waals surface area contributed by atoms with Crippen molar-refractivity contribution in [3.05, 3.63) is 18.2 Å². The van der Waals surface area contributed by atoms with Gasteiger partial charge in [-0.3, -0.25) is 14.9 Å². The summed E-state index contributed by atoms with van der Waals surface area (Å²) in [4.78, 5) is 24.7. The first-order valence-corrected chi connectivity index (χ1v) is 7.80. The van der Waals surface area contributed by atoms with Gasteiger partial charge in [-0.25, -0.2) is 13.6 Å². The molecule has 0 bridgehead atoms. The number of sulfonamides is 1. The zero-order valence-corrected chi connectivity index (χ0v) is 12.2. The van der Waals surface area contributed by atoms with Crippen LogP contribution < -0.4 is 21.1 Å². The molecule has 5 N–H and O–H groups in total. The van der Waals surface area contributed by atoms with Gasteiger partial charge >= 0.3 is 0 Å². The van der Waals surface area contributed by atoms with Crippen LogP contribution in [0.5, 0.6) is 0 Å². The zero-order valence-electron chi connectivity index (χ0n) is 11.4. The number of amides is 2. The zero-order chi connectivity index (χ0) is 15.8. The maximum absolute atomic E-state index is 11.8. The molecule has 1 aromatic carbocycles. The van der Waals surface area contributed by atoms with Crippen LogP contribution in [0.4, 0.5) is 11.4 Å². The highest BCUT2D eigenvalue weighted by molar-refractivity contribution is 7.89. The van der Waals surface area contributed by atoms with E-state index in [1.54, 1.807) is 6.92 Å². The van der Waals surface area contributed by atoms with E-state index in [9.17, 15) is 18.0 Å². The summed E-state index contributed by atoms with van der Waals surface area (Å²) in [6, 6.07) is 3.47. The molecule has 1 aliphatic rings. The fourth-order valence-electron chi connectivity index (χ4n) is 2.28. The lowest BCUT2D eigenvalue weighted by Gasteiger charge is -2.35. The minimum atomic E-state index is -3.93. The van der Waals surface area contributed by atoms with Gasteiger partial charge < -0.3 is 10.6 Å². The molecule has 2 rings (SSSR count). The van der Waals surface area contributed by atoms with Crippen LogP contribution in [0, 0.1) is 0 Å². The highest BCUT2D eigenvalue weighted by Crippen LogP contribution is 2.26. The molecule has 114 valence electrons. The van der Waals surface area contributed by atoms with E-state index in [4.69, 9.17) is 10.9 Å². The molecule has 8 nitrogen and oxygen atoms in total. The fraction of sp³-hybridized carbons (Fsp3) is 0.333. The number of nitrogen functional groups attached to an aromatic ring is 1. The molecule has 0 saturated carbocycles. The molecule has 1 aromatic rings. The van der Waals surface area contributed by atoms with Gasteiger partial charge in [0.1, 0.15) is 6.04 Å². The molecule has 2 amide bonds. The molecule has 1 saturated heterocycles. The summed E-state index contributed by atoms with van der Waals surface area (Å²) in [5.41, 5.74) is 6.24. The Morgan fingerprint density at radius 2 is 2.00 bits per heavy atom. The Morgan fingerprint density at radius 3 is 2.57 bits per heavy atom. The average molecular weight is 312 g/mol. The molecule has 0 aliphatic carbocycles. The standard InChI is InChI=1S/C12H16N4O4S/c1-2-10-12(18)15-11(17)6-16(10)8-3-7(13)4-9(5-8)21(14,19)20/h3-5,10H,2,6,13H2,1H3,(H2,14,19,20)(H,15,17,18). The van der Waals surface area contributed by atoms with Gasteiger partial charge in [0.25, 0.3) is 0 Å². The quantitative estimate of drug-likeness (QED) is 0.492. The number of carbonyl (C=O) groups is 2. The number of nitrogens with one attached hydrogen (secondary N) is 1. The summed E-state index contributed by atoms with van der Waals surface area (Å²) in [6.07, 6.45) is 0.457. The van der Waals surface area contributed by atoms with Crippen molar-refractivity contribution in [2.75, 3.05) is 17.2 Å². The van der Waals surface area contributed by atoms with Crippen molar-refractivity contribution < 1.29 is 18.0 Å². The normalized spacial score (nSPS) is 19.5. The second-order valence-electron chi connectivity index (χ2n) is 4.77. The Kier molecular flexibility index (Phi) is 3.88. The van der Waals surface area contributed by atoms with Crippen molar-refractivity contribution in [2.24, 2.45) is 5.14 Å². The number of rotatable bonds is 3. The first kappa shape index (κ1) is 15.3. The van der Waals surface area contributed by atoms with Crippen LogP contribution in [-0.4, -0.2) is 32.8 Å². The summed E-state index contributed by atoms with van der Waals surface area (Å²) in [5, 5.41) is 7.34. The van der Waals surface area contributed by atoms with Gasteiger partial charge in [0, 0.05) is 11.4 Å². The molecular formula is C12H16N4O4S. The summed E-state index contributed by atoms with van der Waals surface area (Å²) in [5.74, 6) is -0.877. The third kappa shape index (κ3) is 3.14. The van der Waals surface area contributed by atoms with Crippen molar-refractivity contribution >= 4 is 33.2 Å². The molecule has 0 spiro atoms. The number of piperazine rings is 1. The molecule has 1 atom stereocenters. The van der Waals surface area contributed by atoms with Crippen LogP contribution in [-0.2, 0) is 19.6 Å². The Hall–Kier alpha value is -2.13. The highest BCUT2D eigenvalue weighted by atomic mass is 32.2. The van der Waals surface area contributed by atoms with E-state index in [2.05, 4.69) is 5.32 Å². The van der Waals surface area contributed by atoms with Gasteiger partial charge in [0.05, 0.1) is 11.4 Å². The predicted molar refractivity (Wildman–Crippen MR) is 76.8 cm³/mol. The minimum absolute atomic E-state index is 0.0578. The third-order valence-electron chi connectivity index (χ3n) is 3.22. The van der Waals surface area contributed by atoms with E-state index in [1.165, 1.54) is 23.1 Å². The lowest BCUT2D eigenvalue weighted by molar-refractivity contribution is -0.132. The van der Waals surface area contributed by atoms with Crippen LogP contribution >= 0.6 is 0 Å². The molecule has 9 heteroatoms. The van der Waals surface area contributed by atoms with E-state index in [0.29, 0.717) is 12.1 Å². The molecule has 21 heavy (non-hydrogen) atoms. The lowest BCUT2D eigenvalue weighted by atomic mass is 10.1. The summed E-state index contributed by atoms with van der Waals surface area (Å²) in [6.45, 7) is 1.73. The number of hydrogen-bond acceptors (Lipinski definition) is 6. The van der Waals surface area contributed by atoms with Gasteiger partial charge in [0.2, 0.25) is 21.8 Å². The predicted octanol–water partition coefficient (Wildman–Crippen LogP) is -0.842. The van der Waals surface area contributed by atoms with Crippen molar-refractivity contribution in [1.29, 1.82) is 0 Å². The first-order chi connectivity index (χ1) is 9.72. The van der Waals surface area contributed by atoms with Gasteiger partial charge in [-0.05, 0) is 24.6 Å². The highest BCUT2D eigenvalue weighted by Gasteiger charge is 2.33. The molecule has 1 fully saturated rings. The van der Waals surface area contributed by atoms with Crippen molar-refractivity contribution in [2.45, 2.75) is 24.3 Å². The second kappa shape index (κ2) is 5.34. The number of benzene rings is 1. The number of imide groups is 1. The number of primary sulfonamides is 1. The van der Waals surface area contributed by atoms with Gasteiger partial charge in [-0.1, -0.05) is 6.92 Å². The minimum Gasteiger partial charge on any atom is -0.399 e. The Morgan fingerprint density at radius 1 is 1.33 bits per heavy atom. The van der Waals surface area contributed by atoms with Crippen molar-refractivity contribution in [3.63, 3.8) is 0 Å². The van der Waals surface area contributed by atoms with Crippen molar-refractivity contribution in [1.82, 2.24) is 5.32 Å². The van der Waals surface area contributed by atoms with Crippen LogP contribution in [0.2, 0.25) is 0 Å². The molecule has 0 aromatic heterocycles. The summed E-state index contributed by atoms with van der Waals surface area (Å²) >= 11 is 0. The van der Waals surface area contributed by atoms with Crippen LogP contribution in [0.1, 0.15) is 13.3 Å². The third-order valence-corrected chi connectivity index (χ3v) is 4.11. The first-order valence-electron chi connectivity index (χ1n) is 6.26. The number of anilines is 2. The Labute approximate surface area is 122 Å². The maximum atomic E-state index is 11.8. The van der Waals surface area contributed by atoms with Crippen LogP contribution in [0.15, 0.2) is 23.1 Å². The Bertz CT molecular complexity index is 701. The van der Waals surface area contributed by atoms with Gasteiger partial charge in [-0.15, -0.1) is 0 Å². The lowest BCUT2D eigenvalue weighted by Crippen LogP contribution is -2.58. The summed E-state index contributed by atoms with van der Waals surface area (Å²) < 4.78 is 22.9. The molecule has 1 unspecified atom stereocenters. The monoisotopic (exact) mass is 312 g/mol. The van der Waals surface area contributed by atoms with E-state index in [1.807, 2.05) is 0 Å². The van der Waals surface area contributed by atoms with E-state index in [0.717, 1.165) is 0 Å². The number of carbonyl (C=O) groups excluding carboxylic acids is 2. The van der Waals surface area contributed by atoms with Crippen LogP contribution in [0.3, 0.4) is 0 Å². The van der Waals surface area contributed by atoms with Gasteiger partial charge in [-0.2, -0.15) is 0 Å². The molecule has 0 radical (unpaired) electrons. The number of nitrogens with two attached hydrogens (primary N) is 2. The number of hydrogen-bond donors (Lipinski definition) is 3. The average Bonchev–Trinajstić information content (AvgIpc) is 2.36. The maximum Gasteiger partial charge on any atom is 0.249 e. The molecular weight excluding hydrogens is 296 g/mol. The Balaban J connectivity index is 2.51. The topological polar surface area (TPSA) is 136 Å². The second-order valence-corrected chi connectivity index (χ2v) is 6.33. The van der Waals surface area contributed by atoms with E-state index < -0.39 is 27.9 Å². The molecule has 1 aliphatic heterocycles. The van der Waals surface area contributed by atoms with Gasteiger partial charge in [0.15, 0.2) is 0 Å².